The van der Waals surface area contributed by atoms with Gasteiger partial charge in [-0.25, -0.2) is 4.39 Å². The Morgan fingerprint density at radius 2 is 1.88 bits per heavy atom. The van der Waals surface area contributed by atoms with Crippen LogP contribution in [0.5, 0.6) is 5.75 Å². The van der Waals surface area contributed by atoms with Crippen LogP contribution < -0.4 is 9.64 Å². The number of amides is 1. The molecule has 0 bridgehead atoms. The number of halogens is 1. The van der Waals surface area contributed by atoms with Crippen molar-refractivity contribution in [2.24, 2.45) is 5.92 Å². The summed E-state index contributed by atoms with van der Waals surface area (Å²) in [6.07, 6.45) is 0.737. The van der Waals surface area contributed by atoms with E-state index >= 15 is 0 Å². The van der Waals surface area contributed by atoms with E-state index in [0.29, 0.717) is 26.3 Å². The summed E-state index contributed by atoms with van der Waals surface area (Å²) in [7, 11) is 1.69. The van der Waals surface area contributed by atoms with E-state index in [2.05, 4.69) is 21.9 Å². The normalized spacial score (nSPS) is 23.4. The van der Waals surface area contributed by atoms with Crippen molar-refractivity contribution in [1.82, 2.24) is 9.80 Å². The zero-order valence-corrected chi connectivity index (χ0v) is 18.5. The van der Waals surface area contributed by atoms with Crippen LogP contribution in [0.3, 0.4) is 0 Å². The molecule has 0 N–H and O–H groups in total. The predicted octanol–water partition coefficient (Wildman–Crippen LogP) is 2.56. The Morgan fingerprint density at radius 1 is 1.09 bits per heavy atom. The minimum absolute atomic E-state index is 0.0926. The smallest absolute Gasteiger partial charge is 0.228 e. The summed E-state index contributed by atoms with van der Waals surface area (Å²) in [5.41, 5.74) is 3.48. The molecule has 2 fully saturated rings. The molecule has 2 saturated heterocycles. The fraction of sp³-hybridized carbons (Fsp3) is 0.480. The van der Waals surface area contributed by atoms with Crippen LogP contribution in [0, 0.1) is 11.7 Å². The number of carbonyl (C=O) groups excluding carboxylic acids is 1. The predicted molar refractivity (Wildman–Crippen MR) is 120 cm³/mol. The molecule has 0 saturated carbocycles. The lowest BCUT2D eigenvalue weighted by atomic mass is 9.82. The van der Waals surface area contributed by atoms with E-state index in [1.807, 2.05) is 23.1 Å². The van der Waals surface area contributed by atoms with Gasteiger partial charge in [0.1, 0.15) is 11.6 Å². The maximum absolute atomic E-state index is 13.6. The zero-order chi connectivity index (χ0) is 22.1. The average Bonchev–Trinajstić information content (AvgIpc) is 2.84. The van der Waals surface area contributed by atoms with Gasteiger partial charge in [0.25, 0.3) is 0 Å². The van der Waals surface area contributed by atoms with Crippen molar-refractivity contribution in [2.75, 3.05) is 57.9 Å². The lowest BCUT2D eigenvalue weighted by molar-refractivity contribution is -0.141. The quantitative estimate of drug-likeness (QED) is 0.733. The van der Waals surface area contributed by atoms with E-state index in [9.17, 15) is 9.18 Å². The van der Waals surface area contributed by atoms with Gasteiger partial charge in [-0.2, -0.15) is 0 Å². The molecule has 170 valence electrons. The van der Waals surface area contributed by atoms with E-state index in [1.54, 1.807) is 7.11 Å². The van der Waals surface area contributed by atoms with Crippen molar-refractivity contribution in [3.63, 3.8) is 0 Å². The number of hydrogen-bond acceptors (Lipinski definition) is 5. The number of fused-ring (bicyclic) bond motifs is 3. The monoisotopic (exact) mass is 439 g/mol. The molecule has 1 amide bonds. The van der Waals surface area contributed by atoms with Crippen molar-refractivity contribution in [3.05, 3.63) is 59.4 Å². The van der Waals surface area contributed by atoms with E-state index in [1.165, 1.54) is 23.4 Å². The van der Waals surface area contributed by atoms with Gasteiger partial charge in [-0.05, 0) is 35.7 Å². The molecule has 0 radical (unpaired) electrons. The maximum atomic E-state index is 13.6. The van der Waals surface area contributed by atoms with Gasteiger partial charge in [0.2, 0.25) is 5.91 Å². The molecule has 0 aliphatic carbocycles. The first-order valence-electron chi connectivity index (χ1n) is 11.4. The maximum Gasteiger partial charge on any atom is 0.228 e. The molecule has 3 aliphatic rings. The number of rotatable bonds is 4. The van der Waals surface area contributed by atoms with Gasteiger partial charge in [-0.15, -0.1) is 0 Å². The number of anilines is 1. The fourth-order valence-electron chi connectivity index (χ4n) is 5.26. The van der Waals surface area contributed by atoms with E-state index in [0.717, 1.165) is 43.9 Å². The number of morpholine rings is 1. The van der Waals surface area contributed by atoms with Crippen molar-refractivity contribution >= 4 is 11.6 Å². The highest BCUT2D eigenvalue weighted by molar-refractivity contribution is 5.82. The Bertz CT molecular complexity index is 961. The van der Waals surface area contributed by atoms with Gasteiger partial charge in [0.05, 0.1) is 32.3 Å². The van der Waals surface area contributed by atoms with Gasteiger partial charge in [0, 0.05) is 51.0 Å². The molecule has 0 spiro atoms. The number of hydrogen-bond donors (Lipinski definition) is 0. The Kier molecular flexibility index (Phi) is 6.02. The summed E-state index contributed by atoms with van der Waals surface area (Å²) in [6, 6.07) is 13.0. The number of piperazine rings is 1. The van der Waals surface area contributed by atoms with Crippen LogP contribution in [0.4, 0.5) is 10.1 Å². The van der Waals surface area contributed by atoms with Gasteiger partial charge in [-0.3, -0.25) is 9.69 Å². The van der Waals surface area contributed by atoms with Crippen molar-refractivity contribution in [1.29, 1.82) is 0 Å². The minimum Gasteiger partial charge on any atom is -0.497 e. The lowest BCUT2D eigenvalue weighted by Crippen LogP contribution is -2.61. The van der Waals surface area contributed by atoms with Gasteiger partial charge in [0.15, 0.2) is 0 Å². The number of methoxy groups -OCH3 is 1. The highest BCUT2D eigenvalue weighted by atomic mass is 19.1. The van der Waals surface area contributed by atoms with Gasteiger partial charge >= 0.3 is 0 Å². The highest BCUT2D eigenvalue weighted by Crippen LogP contribution is 2.39. The van der Waals surface area contributed by atoms with Crippen LogP contribution >= 0.6 is 0 Å². The summed E-state index contributed by atoms with van der Waals surface area (Å²) in [5.74, 6) is 0.764. The first-order valence-corrected chi connectivity index (χ1v) is 11.4. The fourth-order valence-corrected chi connectivity index (χ4v) is 5.26. The molecule has 3 aliphatic heterocycles. The average molecular weight is 440 g/mol. The van der Waals surface area contributed by atoms with Crippen LogP contribution in [0.15, 0.2) is 42.5 Å². The number of ether oxygens (including phenoxy) is 2. The molecule has 32 heavy (non-hydrogen) atoms. The molecular weight excluding hydrogens is 409 g/mol. The zero-order valence-electron chi connectivity index (χ0n) is 18.5. The minimum atomic E-state index is -0.215. The largest absolute Gasteiger partial charge is 0.497 e. The number of nitrogens with zero attached hydrogens (tertiary/aromatic N) is 3. The third-order valence-electron chi connectivity index (χ3n) is 6.97. The molecule has 2 aromatic rings. The van der Waals surface area contributed by atoms with Crippen LogP contribution in [0.1, 0.15) is 11.1 Å². The summed E-state index contributed by atoms with van der Waals surface area (Å²) in [5, 5.41) is 0. The van der Waals surface area contributed by atoms with Crippen LogP contribution in [0.25, 0.3) is 0 Å². The molecule has 6 nitrogen and oxygen atoms in total. The van der Waals surface area contributed by atoms with E-state index in [-0.39, 0.29) is 23.7 Å². The second kappa shape index (κ2) is 9.08. The van der Waals surface area contributed by atoms with Crippen LogP contribution in [-0.2, 0) is 22.5 Å². The van der Waals surface area contributed by atoms with Crippen molar-refractivity contribution in [3.8, 4) is 5.75 Å². The van der Waals surface area contributed by atoms with E-state index in [4.69, 9.17) is 9.47 Å². The van der Waals surface area contributed by atoms with Crippen molar-refractivity contribution < 1.29 is 18.7 Å². The molecule has 7 heteroatoms. The molecule has 2 atom stereocenters. The summed E-state index contributed by atoms with van der Waals surface area (Å²) in [6.45, 7) is 5.84. The molecular formula is C25H30FN3O3. The lowest BCUT2D eigenvalue weighted by Gasteiger charge is -2.50. The second-order valence-electron chi connectivity index (χ2n) is 8.87. The Labute approximate surface area is 188 Å². The van der Waals surface area contributed by atoms with Crippen molar-refractivity contribution in [2.45, 2.75) is 19.0 Å². The standard InChI is InChI=1S/C25H30FN3O3/c1-31-21-7-4-19-14-22(25(30)28-10-12-32-13-11-28)24-17-27(8-9-29(24)23(19)15-21)16-18-2-5-20(26)6-3-18/h2-7,15,22,24H,8-14,16-17H2,1H3/t22-,24-/m0/s1. The number of carbonyl (C=O) groups is 1. The van der Waals surface area contributed by atoms with Crippen LogP contribution in [-0.4, -0.2) is 74.8 Å². The molecule has 0 unspecified atom stereocenters. The first-order chi connectivity index (χ1) is 15.6. The Morgan fingerprint density at radius 3 is 2.62 bits per heavy atom. The van der Waals surface area contributed by atoms with E-state index < -0.39 is 0 Å². The summed E-state index contributed by atoms with van der Waals surface area (Å²) < 4.78 is 24.3. The molecule has 0 aromatic heterocycles. The Balaban J connectivity index is 1.41. The van der Waals surface area contributed by atoms with Gasteiger partial charge < -0.3 is 19.3 Å². The van der Waals surface area contributed by atoms with Gasteiger partial charge in [-0.1, -0.05) is 18.2 Å². The Hall–Kier alpha value is -2.64. The molecule has 3 heterocycles. The first kappa shape index (κ1) is 21.2. The SMILES string of the molecule is COc1ccc2c(c1)N1CCN(Cc3ccc(F)cc3)C[C@H]1[C@@H](C(=O)N1CCOCC1)C2. The highest BCUT2D eigenvalue weighted by Gasteiger charge is 2.43. The molecule has 5 rings (SSSR count). The van der Waals surface area contributed by atoms with Crippen LogP contribution in [0.2, 0.25) is 0 Å². The summed E-state index contributed by atoms with van der Waals surface area (Å²) >= 11 is 0. The second-order valence-corrected chi connectivity index (χ2v) is 8.87. The molecule has 2 aromatic carbocycles. The third-order valence-corrected chi connectivity index (χ3v) is 6.97. The summed E-state index contributed by atoms with van der Waals surface area (Å²) in [4.78, 5) is 20.4. The topological polar surface area (TPSA) is 45.2 Å². The number of benzene rings is 2. The third kappa shape index (κ3) is 4.19.